The fourth-order valence-corrected chi connectivity index (χ4v) is 2.96. The second kappa shape index (κ2) is 13.3. The molecule has 35 heavy (non-hydrogen) atoms. The topological polar surface area (TPSA) is 152 Å². The van der Waals surface area contributed by atoms with Crippen LogP contribution in [-0.2, 0) is 28.7 Å². The molecular formula is C24H44N4O7. The molecule has 11 nitrogen and oxygen atoms in total. The highest BCUT2D eigenvalue weighted by Crippen LogP contribution is 2.12. The van der Waals surface area contributed by atoms with E-state index in [1.165, 1.54) is 34.8 Å². The van der Waals surface area contributed by atoms with E-state index in [-0.39, 0.29) is 24.8 Å². The smallest absolute Gasteiger partial charge is 0.407 e. The van der Waals surface area contributed by atoms with Crippen LogP contribution in [0.2, 0.25) is 0 Å². The van der Waals surface area contributed by atoms with Crippen molar-refractivity contribution < 1.29 is 33.4 Å². The molecule has 0 aromatic carbocycles. The van der Waals surface area contributed by atoms with Crippen LogP contribution < -0.4 is 21.3 Å². The van der Waals surface area contributed by atoms with E-state index < -0.39 is 46.6 Å². The molecule has 0 rings (SSSR count). The molecule has 0 radical (unpaired) electrons. The highest BCUT2D eigenvalue weighted by Gasteiger charge is 2.36. The number of amides is 4. The fraction of sp³-hybridized carbons (Fsp3) is 0.792. The van der Waals surface area contributed by atoms with Gasteiger partial charge in [-0.3, -0.25) is 14.4 Å². The summed E-state index contributed by atoms with van der Waals surface area (Å²) in [5.41, 5.74) is -3.19. The molecule has 0 heterocycles. The molecule has 0 spiro atoms. The van der Waals surface area contributed by atoms with Crippen LogP contribution in [0.4, 0.5) is 4.79 Å². The maximum Gasteiger partial charge on any atom is 0.407 e. The number of nitrogens with one attached hydrogen (secondary N) is 4. The van der Waals surface area contributed by atoms with Crippen LogP contribution in [0.15, 0.2) is 0 Å². The van der Waals surface area contributed by atoms with Crippen LogP contribution >= 0.6 is 0 Å². The zero-order chi connectivity index (χ0) is 27.6. The lowest BCUT2D eigenvalue weighted by Crippen LogP contribution is -2.61. The Labute approximate surface area is 208 Å². The maximum atomic E-state index is 12.9. The third kappa shape index (κ3) is 13.0. The second-order valence-electron chi connectivity index (χ2n) is 11.0. The lowest BCUT2D eigenvalue weighted by molar-refractivity contribution is -0.149. The van der Waals surface area contributed by atoms with Gasteiger partial charge in [0.05, 0.1) is 7.11 Å². The molecule has 0 unspecified atom stereocenters. The van der Waals surface area contributed by atoms with Gasteiger partial charge in [-0.05, 0) is 67.2 Å². The van der Waals surface area contributed by atoms with Crippen molar-refractivity contribution in [3.63, 3.8) is 0 Å². The number of hydrogen-bond donors (Lipinski definition) is 4. The highest BCUT2D eigenvalue weighted by atomic mass is 16.6. The van der Waals surface area contributed by atoms with Crippen molar-refractivity contribution in [3.05, 3.63) is 0 Å². The Bertz CT molecular complexity index is 770. The number of hydrogen-bond acceptors (Lipinski definition) is 7. The maximum absolute atomic E-state index is 12.9. The van der Waals surface area contributed by atoms with Crippen molar-refractivity contribution in [2.75, 3.05) is 13.7 Å². The molecule has 0 fully saturated rings. The van der Waals surface area contributed by atoms with Crippen LogP contribution in [0.25, 0.3) is 0 Å². The molecule has 1 atom stereocenters. The van der Waals surface area contributed by atoms with E-state index in [0.29, 0.717) is 12.8 Å². The van der Waals surface area contributed by atoms with Gasteiger partial charge in [-0.1, -0.05) is 13.8 Å². The highest BCUT2D eigenvalue weighted by molar-refractivity contribution is 5.95. The minimum atomic E-state index is -1.30. The third-order valence-electron chi connectivity index (χ3n) is 4.73. The Kier molecular flexibility index (Phi) is 12.2. The summed E-state index contributed by atoms with van der Waals surface area (Å²) in [6.45, 7) is 15.4. The van der Waals surface area contributed by atoms with Crippen LogP contribution in [-0.4, -0.2) is 66.2 Å². The summed E-state index contributed by atoms with van der Waals surface area (Å²) in [7, 11) is 1.22. The zero-order valence-electron chi connectivity index (χ0n) is 22.8. The molecule has 4 amide bonds. The summed E-state index contributed by atoms with van der Waals surface area (Å²) in [4.78, 5) is 61.7. The van der Waals surface area contributed by atoms with Gasteiger partial charge in [-0.25, -0.2) is 9.59 Å². The van der Waals surface area contributed by atoms with Crippen LogP contribution in [0, 0.1) is 5.92 Å². The summed E-state index contributed by atoms with van der Waals surface area (Å²) in [5.74, 6) is -2.00. The first-order valence-corrected chi connectivity index (χ1v) is 11.8. The number of esters is 1. The zero-order valence-corrected chi connectivity index (χ0v) is 22.8. The normalized spacial score (nSPS) is 12.9. The standard InChI is InChI=1S/C24H44N4O7/c1-15(2)14-16(18(30)28-24(8,9)20(32)34-10)26-19(31)23(6,7)27-17(29)12-11-13-25-21(33)35-22(3,4)5/h15-16H,11-14H2,1-10H3,(H,25,33)(H,26,31)(H,27,29)(H,28,30)/t16-/m0/s1. The van der Waals surface area contributed by atoms with Crippen molar-refractivity contribution in [1.29, 1.82) is 0 Å². The van der Waals surface area contributed by atoms with Gasteiger partial charge in [0.15, 0.2) is 0 Å². The summed E-state index contributed by atoms with van der Waals surface area (Å²) in [5, 5.41) is 10.5. The van der Waals surface area contributed by atoms with E-state index >= 15 is 0 Å². The van der Waals surface area contributed by atoms with Crippen molar-refractivity contribution >= 4 is 29.8 Å². The average molecular weight is 501 g/mol. The van der Waals surface area contributed by atoms with Crippen LogP contribution in [0.5, 0.6) is 0 Å². The molecule has 11 heteroatoms. The summed E-state index contributed by atoms with van der Waals surface area (Å²) >= 11 is 0. The average Bonchev–Trinajstić information content (AvgIpc) is 2.67. The Balaban J connectivity index is 4.95. The predicted octanol–water partition coefficient (Wildman–Crippen LogP) is 1.78. The Morgan fingerprint density at radius 3 is 1.91 bits per heavy atom. The number of rotatable bonds is 12. The molecular weight excluding hydrogens is 456 g/mol. The molecule has 0 saturated heterocycles. The van der Waals surface area contributed by atoms with E-state index in [4.69, 9.17) is 9.47 Å². The summed E-state index contributed by atoms with van der Waals surface area (Å²) in [6, 6.07) is -0.916. The van der Waals surface area contributed by atoms with Gasteiger partial charge >= 0.3 is 12.1 Å². The summed E-state index contributed by atoms with van der Waals surface area (Å²) < 4.78 is 9.84. The van der Waals surface area contributed by atoms with Gasteiger partial charge < -0.3 is 30.7 Å². The fourth-order valence-electron chi connectivity index (χ4n) is 2.96. The van der Waals surface area contributed by atoms with E-state index in [9.17, 15) is 24.0 Å². The quantitative estimate of drug-likeness (QED) is 0.235. The molecule has 0 aromatic heterocycles. The number of alkyl carbamates (subject to hydrolysis) is 1. The summed E-state index contributed by atoms with van der Waals surface area (Å²) in [6.07, 6.45) is 0.191. The lowest BCUT2D eigenvalue weighted by Gasteiger charge is -2.31. The van der Waals surface area contributed by atoms with Gasteiger partial charge in [0.2, 0.25) is 17.7 Å². The van der Waals surface area contributed by atoms with Crippen molar-refractivity contribution in [2.24, 2.45) is 5.92 Å². The Morgan fingerprint density at radius 2 is 1.43 bits per heavy atom. The van der Waals surface area contributed by atoms with Gasteiger partial charge in [-0.2, -0.15) is 0 Å². The molecule has 0 aliphatic rings. The first-order valence-electron chi connectivity index (χ1n) is 11.8. The number of methoxy groups -OCH3 is 1. The molecule has 0 aliphatic carbocycles. The first kappa shape index (κ1) is 32.1. The molecule has 4 N–H and O–H groups in total. The minimum absolute atomic E-state index is 0.0717. The molecule has 202 valence electrons. The SMILES string of the molecule is COC(=O)C(C)(C)NC(=O)[C@H](CC(C)C)NC(=O)C(C)(C)NC(=O)CCCNC(=O)OC(C)(C)C. The molecule has 0 aromatic rings. The van der Waals surface area contributed by atoms with Gasteiger partial charge in [0, 0.05) is 13.0 Å². The largest absolute Gasteiger partial charge is 0.467 e. The van der Waals surface area contributed by atoms with Crippen LogP contribution in [0.1, 0.15) is 81.6 Å². The van der Waals surface area contributed by atoms with E-state index in [1.54, 1.807) is 20.8 Å². The number of carbonyl (C=O) groups excluding carboxylic acids is 5. The lowest BCUT2D eigenvalue weighted by atomic mass is 9.98. The number of carbonyl (C=O) groups is 5. The van der Waals surface area contributed by atoms with Gasteiger partial charge in [-0.15, -0.1) is 0 Å². The monoisotopic (exact) mass is 500 g/mol. The molecule has 0 aliphatic heterocycles. The molecule has 0 saturated carbocycles. The van der Waals surface area contributed by atoms with Gasteiger partial charge in [0.25, 0.3) is 0 Å². The second-order valence-corrected chi connectivity index (χ2v) is 11.0. The van der Waals surface area contributed by atoms with Crippen molar-refractivity contribution in [2.45, 2.75) is 104 Å². The Hall–Kier alpha value is -2.85. The third-order valence-corrected chi connectivity index (χ3v) is 4.73. The predicted molar refractivity (Wildman–Crippen MR) is 131 cm³/mol. The minimum Gasteiger partial charge on any atom is -0.467 e. The molecule has 0 bridgehead atoms. The van der Waals surface area contributed by atoms with Gasteiger partial charge in [0.1, 0.15) is 22.7 Å². The van der Waals surface area contributed by atoms with Crippen molar-refractivity contribution in [1.82, 2.24) is 21.3 Å². The van der Waals surface area contributed by atoms with Crippen molar-refractivity contribution in [3.8, 4) is 0 Å². The number of ether oxygens (including phenoxy) is 2. The van der Waals surface area contributed by atoms with E-state index in [0.717, 1.165) is 0 Å². The van der Waals surface area contributed by atoms with E-state index in [1.807, 2.05) is 13.8 Å². The first-order chi connectivity index (χ1) is 15.8. The van der Waals surface area contributed by atoms with E-state index in [2.05, 4.69) is 21.3 Å². The van der Waals surface area contributed by atoms with Crippen LogP contribution in [0.3, 0.4) is 0 Å². The Morgan fingerprint density at radius 1 is 0.857 bits per heavy atom.